The summed E-state index contributed by atoms with van der Waals surface area (Å²) >= 11 is 1.47. The predicted octanol–water partition coefficient (Wildman–Crippen LogP) is 4.33. The average Bonchev–Trinajstić information content (AvgIpc) is 2.88. The van der Waals surface area contributed by atoms with Gasteiger partial charge in [-0.1, -0.05) is 30.3 Å². The molecule has 112 valence electrons. The first-order valence-corrected chi connectivity index (χ1v) is 8.17. The largest absolute Gasteiger partial charge is 0.352 e. The minimum absolute atomic E-state index is 0.0265. The van der Waals surface area contributed by atoms with Crippen LogP contribution in [-0.4, -0.2) is 17.4 Å². The smallest absolute Gasteiger partial charge is 0.262 e. The third-order valence-corrected chi connectivity index (χ3v) is 4.68. The number of carbonyl (C=O) groups is 1. The summed E-state index contributed by atoms with van der Waals surface area (Å²) in [6.07, 6.45) is 0. The molecule has 0 fully saturated rings. The summed E-state index contributed by atoms with van der Waals surface area (Å²) in [5.74, 6) is -0.0265. The molecule has 0 saturated carbocycles. The summed E-state index contributed by atoms with van der Waals surface area (Å²) < 4.78 is 0. The second-order valence-corrected chi connectivity index (χ2v) is 6.29. The Morgan fingerprint density at radius 1 is 1.23 bits per heavy atom. The zero-order valence-corrected chi connectivity index (χ0v) is 13.8. The van der Waals surface area contributed by atoms with E-state index >= 15 is 0 Å². The maximum Gasteiger partial charge on any atom is 0.262 e. The van der Waals surface area contributed by atoms with Gasteiger partial charge in [-0.05, 0) is 38.0 Å². The Kier molecular flexibility index (Phi) is 3.94. The monoisotopic (exact) mass is 310 g/mol. The van der Waals surface area contributed by atoms with Gasteiger partial charge in [-0.15, -0.1) is 11.3 Å². The Bertz CT molecular complexity index is 837. The van der Waals surface area contributed by atoms with Crippen molar-refractivity contribution >= 4 is 27.5 Å². The van der Waals surface area contributed by atoms with E-state index in [9.17, 15) is 4.79 Å². The molecule has 0 unspecified atom stereocenters. The second kappa shape index (κ2) is 5.89. The Balaban J connectivity index is 2.35. The Labute approximate surface area is 134 Å². The van der Waals surface area contributed by atoms with Gasteiger partial charge in [0.25, 0.3) is 5.91 Å². The normalized spacial score (nSPS) is 10.9. The summed E-state index contributed by atoms with van der Waals surface area (Å²) in [5, 5.41) is 4.00. The van der Waals surface area contributed by atoms with Gasteiger partial charge in [-0.3, -0.25) is 4.79 Å². The molecule has 1 aromatic carbocycles. The first-order chi connectivity index (χ1) is 10.6. The fourth-order valence-corrected chi connectivity index (χ4v) is 3.96. The molecular weight excluding hydrogens is 292 g/mol. The van der Waals surface area contributed by atoms with Crippen LogP contribution in [-0.2, 0) is 0 Å². The molecule has 3 aromatic rings. The van der Waals surface area contributed by atoms with Crippen molar-refractivity contribution in [3.63, 3.8) is 0 Å². The molecule has 2 aromatic heterocycles. The quantitative estimate of drug-likeness (QED) is 0.782. The van der Waals surface area contributed by atoms with Crippen molar-refractivity contribution in [2.45, 2.75) is 20.8 Å². The van der Waals surface area contributed by atoms with Crippen LogP contribution in [0.5, 0.6) is 0 Å². The van der Waals surface area contributed by atoms with Crippen molar-refractivity contribution in [1.29, 1.82) is 0 Å². The van der Waals surface area contributed by atoms with E-state index in [1.54, 1.807) is 0 Å². The highest BCUT2D eigenvalue weighted by Crippen LogP contribution is 2.39. The van der Waals surface area contributed by atoms with Gasteiger partial charge in [-0.2, -0.15) is 0 Å². The van der Waals surface area contributed by atoms with Gasteiger partial charge in [0.2, 0.25) is 0 Å². The number of benzene rings is 1. The maximum atomic E-state index is 12.5. The van der Waals surface area contributed by atoms with E-state index in [4.69, 9.17) is 0 Å². The second-order valence-electron chi connectivity index (χ2n) is 5.29. The number of pyridine rings is 1. The first kappa shape index (κ1) is 14.7. The average molecular weight is 310 g/mol. The van der Waals surface area contributed by atoms with Crippen LogP contribution >= 0.6 is 11.3 Å². The number of thiophene rings is 1. The van der Waals surface area contributed by atoms with Crippen LogP contribution in [0.25, 0.3) is 21.3 Å². The van der Waals surface area contributed by atoms with E-state index in [-0.39, 0.29) is 5.91 Å². The number of rotatable bonds is 3. The van der Waals surface area contributed by atoms with E-state index in [0.29, 0.717) is 6.54 Å². The number of fused-ring (bicyclic) bond motifs is 1. The van der Waals surface area contributed by atoms with Crippen LogP contribution in [0.2, 0.25) is 0 Å². The number of nitrogens with one attached hydrogen (secondary N) is 1. The zero-order valence-electron chi connectivity index (χ0n) is 12.9. The molecule has 0 atom stereocenters. The predicted molar refractivity (Wildman–Crippen MR) is 92.5 cm³/mol. The van der Waals surface area contributed by atoms with E-state index in [2.05, 4.69) is 23.3 Å². The lowest BCUT2D eigenvalue weighted by Crippen LogP contribution is -2.22. The molecule has 1 amide bonds. The van der Waals surface area contributed by atoms with Gasteiger partial charge in [0.1, 0.15) is 9.71 Å². The maximum absolute atomic E-state index is 12.5. The molecule has 0 aliphatic heterocycles. The van der Waals surface area contributed by atoms with E-state index < -0.39 is 0 Å². The van der Waals surface area contributed by atoms with Crippen LogP contribution in [0.1, 0.15) is 27.9 Å². The Morgan fingerprint density at radius 2 is 1.95 bits per heavy atom. The standard InChI is InChI=1S/C18H18N2OS/c1-4-19-17(21)16-15(13-8-6-5-7-9-13)14-11(2)10-12(3)20-18(14)22-16/h5-10H,4H2,1-3H3,(H,19,21). The molecule has 2 heterocycles. The van der Waals surface area contributed by atoms with Gasteiger partial charge in [0.05, 0.1) is 0 Å². The number of hydrogen-bond acceptors (Lipinski definition) is 3. The summed E-state index contributed by atoms with van der Waals surface area (Å²) in [6.45, 7) is 6.62. The highest BCUT2D eigenvalue weighted by molar-refractivity contribution is 7.21. The molecule has 4 heteroatoms. The first-order valence-electron chi connectivity index (χ1n) is 7.36. The van der Waals surface area contributed by atoms with Crippen molar-refractivity contribution < 1.29 is 4.79 Å². The van der Waals surface area contributed by atoms with Crippen molar-refractivity contribution in [3.8, 4) is 11.1 Å². The van der Waals surface area contributed by atoms with Crippen LogP contribution in [0.15, 0.2) is 36.4 Å². The topological polar surface area (TPSA) is 42.0 Å². The van der Waals surface area contributed by atoms with Crippen LogP contribution < -0.4 is 5.32 Å². The minimum atomic E-state index is -0.0265. The summed E-state index contributed by atoms with van der Waals surface area (Å²) in [7, 11) is 0. The summed E-state index contributed by atoms with van der Waals surface area (Å²) in [4.78, 5) is 18.8. The number of aryl methyl sites for hydroxylation is 2. The van der Waals surface area contributed by atoms with Gasteiger partial charge in [0.15, 0.2) is 0 Å². The number of amides is 1. The Hall–Kier alpha value is -2.20. The van der Waals surface area contributed by atoms with Crippen LogP contribution in [0, 0.1) is 13.8 Å². The fraction of sp³-hybridized carbons (Fsp3) is 0.222. The lowest BCUT2D eigenvalue weighted by Gasteiger charge is -2.07. The molecule has 3 nitrogen and oxygen atoms in total. The molecule has 0 saturated heterocycles. The van der Waals surface area contributed by atoms with Crippen molar-refractivity contribution in [3.05, 3.63) is 52.5 Å². The number of carbonyl (C=O) groups excluding carboxylic acids is 1. The van der Waals surface area contributed by atoms with Crippen molar-refractivity contribution in [1.82, 2.24) is 10.3 Å². The van der Waals surface area contributed by atoms with E-state index in [1.807, 2.05) is 44.2 Å². The number of hydrogen-bond donors (Lipinski definition) is 1. The number of aromatic nitrogens is 1. The van der Waals surface area contributed by atoms with Gasteiger partial charge >= 0.3 is 0 Å². The third kappa shape index (κ3) is 2.50. The fourth-order valence-electron chi connectivity index (χ4n) is 2.72. The van der Waals surface area contributed by atoms with E-state index in [0.717, 1.165) is 37.5 Å². The van der Waals surface area contributed by atoms with Gasteiger partial charge < -0.3 is 5.32 Å². The minimum Gasteiger partial charge on any atom is -0.352 e. The molecule has 0 aliphatic rings. The summed E-state index contributed by atoms with van der Waals surface area (Å²) in [6, 6.07) is 12.1. The molecule has 0 bridgehead atoms. The highest BCUT2D eigenvalue weighted by atomic mass is 32.1. The molecule has 22 heavy (non-hydrogen) atoms. The third-order valence-electron chi connectivity index (χ3n) is 3.59. The molecule has 0 aliphatic carbocycles. The molecule has 0 spiro atoms. The number of nitrogens with zero attached hydrogens (tertiary/aromatic N) is 1. The highest BCUT2D eigenvalue weighted by Gasteiger charge is 2.21. The molecule has 3 rings (SSSR count). The SMILES string of the molecule is CCNC(=O)c1sc2nc(C)cc(C)c2c1-c1ccccc1. The lowest BCUT2D eigenvalue weighted by atomic mass is 10.00. The van der Waals surface area contributed by atoms with Crippen molar-refractivity contribution in [2.75, 3.05) is 6.54 Å². The summed E-state index contributed by atoms with van der Waals surface area (Å²) in [5.41, 5.74) is 4.20. The van der Waals surface area contributed by atoms with Crippen molar-refractivity contribution in [2.24, 2.45) is 0 Å². The van der Waals surface area contributed by atoms with E-state index in [1.165, 1.54) is 11.3 Å². The Morgan fingerprint density at radius 3 is 2.64 bits per heavy atom. The molecule has 1 N–H and O–H groups in total. The molecule has 0 radical (unpaired) electrons. The lowest BCUT2D eigenvalue weighted by molar-refractivity contribution is 0.0960. The van der Waals surface area contributed by atoms with Gasteiger partial charge in [-0.25, -0.2) is 4.98 Å². The van der Waals surface area contributed by atoms with Crippen LogP contribution in [0.4, 0.5) is 0 Å². The van der Waals surface area contributed by atoms with Crippen LogP contribution in [0.3, 0.4) is 0 Å². The zero-order chi connectivity index (χ0) is 15.7. The van der Waals surface area contributed by atoms with Gasteiger partial charge in [0, 0.05) is 23.2 Å². The molecular formula is C18H18N2OS.